The largest absolute Gasteiger partial charge is 0.491 e. The van der Waals surface area contributed by atoms with E-state index in [0.29, 0.717) is 12.3 Å². The predicted octanol–water partition coefficient (Wildman–Crippen LogP) is 3.70. The Morgan fingerprint density at radius 3 is 2.52 bits per heavy atom. The number of hydrogen-bond donors (Lipinski definition) is 2. The Hall–Kier alpha value is -2.37. The quantitative estimate of drug-likeness (QED) is 0.827. The zero-order valence-electron chi connectivity index (χ0n) is 11.4. The molecule has 0 amide bonds. The van der Waals surface area contributed by atoms with E-state index in [2.05, 4.69) is 5.32 Å². The first kappa shape index (κ1) is 15.0. The number of nitrogen functional groups attached to an aromatic ring is 1. The van der Waals surface area contributed by atoms with Gasteiger partial charge in [-0.2, -0.15) is 0 Å². The van der Waals surface area contributed by atoms with Crippen molar-refractivity contribution >= 4 is 11.4 Å². The highest BCUT2D eigenvalue weighted by molar-refractivity contribution is 5.68. The lowest BCUT2D eigenvalue weighted by atomic mass is 10.2. The van der Waals surface area contributed by atoms with Gasteiger partial charge in [-0.1, -0.05) is 6.07 Å². The molecule has 0 aliphatic rings. The Labute approximate surface area is 120 Å². The maximum atomic E-state index is 13.6. The molecule has 3 N–H and O–H groups in total. The average molecular weight is 296 g/mol. The maximum Gasteiger partial charge on any atom is 0.167 e. The van der Waals surface area contributed by atoms with Crippen molar-refractivity contribution in [2.45, 2.75) is 13.5 Å². The van der Waals surface area contributed by atoms with Crippen LogP contribution in [0.15, 0.2) is 30.3 Å². The summed E-state index contributed by atoms with van der Waals surface area (Å²) in [4.78, 5) is 0. The van der Waals surface area contributed by atoms with Gasteiger partial charge >= 0.3 is 0 Å². The van der Waals surface area contributed by atoms with Crippen molar-refractivity contribution in [3.8, 4) is 5.75 Å². The van der Waals surface area contributed by atoms with Crippen molar-refractivity contribution in [3.05, 3.63) is 53.3 Å². The third-order valence-corrected chi connectivity index (χ3v) is 2.89. The smallest absolute Gasteiger partial charge is 0.167 e. The molecule has 0 aromatic heterocycles. The zero-order valence-corrected chi connectivity index (χ0v) is 11.4. The van der Waals surface area contributed by atoms with Crippen molar-refractivity contribution in [1.29, 1.82) is 0 Å². The number of nitrogens with two attached hydrogens (primary N) is 1. The summed E-state index contributed by atoms with van der Waals surface area (Å²) >= 11 is 0. The predicted molar refractivity (Wildman–Crippen MR) is 75.7 cm³/mol. The van der Waals surface area contributed by atoms with E-state index in [1.54, 1.807) is 6.92 Å². The van der Waals surface area contributed by atoms with Crippen LogP contribution in [0.4, 0.5) is 24.5 Å². The van der Waals surface area contributed by atoms with Gasteiger partial charge in [0, 0.05) is 30.3 Å². The van der Waals surface area contributed by atoms with Gasteiger partial charge < -0.3 is 15.8 Å². The van der Waals surface area contributed by atoms with Crippen molar-refractivity contribution < 1.29 is 17.9 Å². The SMILES string of the molecule is CCOc1cc(NCc2ccc(F)cc2F)c(N)cc1F. The van der Waals surface area contributed by atoms with Crippen LogP contribution in [-0.4, -0.2) is 6.61 Å². The number of anilines is 2. The Morgan fingerprint density at radius 1 is 1.10 bits per heavy atom. The first-order valence-corrected chi connectivity index (χ1v) is 6.41. The van der Waals surface area contributed by atoms with E-state index < -0.39 is 17.5 Å². The Morgan fingerprint density at radius 2 is 1.86 bits per heavy atom. The standard InChI is InChI=1S/C15H15F3N2O/c1-2-21-15-7-14(13(19)6-12(15)18)20-8-9-3-4-10(16)5-11(9)17/h3-7,20H,2,8,19H2,1H3. The van der Waals surface area contributed by atoms with Crippen molar-refractivity contribution in [2.75, 3.05) is 17.7 Å². The summed E-state index contributed by atoms with van der Waals surface area (Å²) in [5, 5.41) is 2.88. The van der Waals surface area contributed by atoms with Gasteiger partial charge in [-0.15, -0.1) is 0 Å². The molecule has 0 aliphatic heterocycles. The number of halogens is 3. The summed E-state index contributed by atoms with van der Waals surface area (Å²) < 4.78 is 45.0. The molecular weight excluding hydrogens is 281 g/mol. The molecule has 3 nitrogen and oxygen atoms in total. The molecule has 21 heavy (non-hydrogen) atoms. The molecule has 0 saturated heterocycles. The first-order valence-electron chi connectivity index (χ1n) is 6.41. The van der Waals surface area contributed by atoms with Gasteiger partial charge in [-0.05, 0) is 13.0 Å². The van der Waals surface area contributed by atoms with Crippen LogP contribution in [0.1, 0.15) is 12.5 Å². The van der Waals surface area contributed by atoms with Crippen molar-refractivity contribution in [3.63, 3.8) is 0 Å². The second-order valence-corrected chi connectivity index (χ2v) is 4.39. The lowest BCUT2D eigenvalue weighted by molar-refractivity contribution is 0.322. The Bertz CT molecular complexity index is 647. The summed E-state index contributed by atoms with van der Waals surface area (Å²) in [7, 11) is 0. The Balaban J connectivity index is 2.17. The minimum Gasteiger partial charge on any atom is -0.491 e. The molecule has 0 atom stereocenters. The molecule has 2 aromatic rings. The molecule has 0 radical (unpaired) electrons. The van der Waals surface area contributed by atoms with E-state index in [9.17, 15) is 13.2 Å². The third kappa shape index (κ3) is 3.59. The van der Waals surface area contributed by atoms with Crippen molar-refractivity contribution in [2.24, 2.45) is 0 Å². The summed E-state index contributed by atoms with van der Waals surface area (Å²) in [6.45, 7) is 2.14. The average Bonchev–Trinajstić information content (AvgIpc) is 2.42. The summed E-state index contributed by atoms with van der Waals surface area (Å²) in [5.41, 5.74) is 6.58. The van der Waals surface area contributed by atoms with Crippen LogP contribution >= 0.6 is 0 Å². The lowest BCUT2D eigenvalue weighted by Crippen LogP contribution is -2.06. The maximum absolute atomic E-state index is 13.6. The molecule has 0 bridgehead atoms. The van der Waals surface area contributed by atoms with Gasteiger partial charge in [0.15, 0.2) is 11.6 Å². The fraction of sp³-hybridized carbons (Fsp3) is 0.200. The number of benzene rings is 2. The molecule has 0 saturated carbocycles. The van der Waals surface area contributed by atoms with Crippen LogP contribution in [0.2, 0.25) is 0 Å². The summed E-state index contributed by atoms with van der Waals surface area (Å²) in [6, 6.07) is 5.85. The van der Waals surface area contributed by atoms with E-state index in [0.717, 1.165) is 12.1 Å². The van der Waals surface area contributed by atoms with Gasteiger partial charge in [0.25, 0.3) is 0 Å². The minimum atomic E-state index is -0.659. The van der Waals surface area contributed by atoms with Crippen molar-refractivity contribution in [1.82, 2.24) is 0 Å². The van der Waals surface area contributed by atoms with Gasteiger partial charge in [-0.25, -0.2) is 13.2 Å². The van der Waals surface area contributed by atoms with Crippen LogP contribution in [0.3, 0.4) is 0 Å². The summed E-state index contributed by atoms with van der Waals surface area (Å²) in [5.74, 6) is -1.80. The topological polar surface area (TPSA) is 47.3 Å². The fourth-order valence-electron chi connectivity index (χ4n) is 1.84. The van der Waals surface area contributed by atoms with Gasteiger partial charge in [-0.3, -0.25) is 0 Å². The van der Waals surface area contributed by atoms with Crippen LogP contribution < -0.4 is 15.8 Å². The van der Waals surface area contributed by atoms with E-state index in [4.69, 9.17) is 10.5 Å². The van der Waals surface area contributed by atoms with Crippen LogP contribution in [0, 0.1) is 17.5 Å². The lowest BCUT2D eigenvalue weighted by Gasteiger charge is -2.13. The van der Waals surface area contributed by atoms with E-state index in [-0.39, 0.29) is 23.5 Å². The fourth-order valence-corrected chi connectivity index (χ4v) is 1.84. The van der Waals surface area contributed by atoms with E-state index in [1.807, 2.05) is 0 Å². The molecule has 0 heterocycles. The molecule has 6 heteroatoms. The second-order valence-electron chi connectivity index (χ2n) is 4.39. The molecule has 0 spiro atoms. The molecule has 0 fully saturated rings. The minimum absolute atomic E-state index is 0.0637. The highest BCUT2D eigenvalue weighted by atomic mass is 19.1. The highest BCUT2D eigenvalue weighted by Gasteiger charge is 2.10. The number of nitrogens with one attached hydrogen (secondary N) is 1. The van der Waals surface area contributed by atoms with Gasteiger partial charge in [0.1, 0.15) is 11.6 Å². The number of hydrogen-bond acceptors (Lipinski definition) is 3. The zero-order chi connectivity index (χ0) is 15.4. The van der Waals surface area contributed by atoms with Crippen LogP contribution in [-0.2, 0) is 6.54 Å². The molecule has 0 aliphatic carbocycles. The molecule has 112 valence electrons. The van der Waals surface area contributed by atoms with Gasteiger partial charge in [0.2, 0.25) is 0 Å². The molecular formula is C15H15F3N2O. The number of ether oxygens (including phenoxy) is 1. The second kappa shape index (κ2) is 6.39. The van der Waals surface area contributed by atoms with Crippen LogP contribution in [0.25, 0.3) is 0 Å². The Kier molecular flexibility index (Phi) is 4.57. The molecule has 0 unspecified atom stereocenters. The normalized spacial score (nSPS) is 10.5. The highest BCUT2D eigenvalue weighted by Crippen LogP contribution is 2.28. The monoisotopic (exact) mass is 296 g/mol. The molecule has 2 aromatic carbocycles. The first-order chi connectivity index (χ1) is 10.0. The van der Waals surface area contributed by atoms with Crippen LogP contribution in [0.5, 0.6) is 5.75 Å². The number of rotatable bonds is 5. The van der Waals surface area contributed by atoms with Gasteiger partial charge in [0.05, 0.1) is 18.0 Å². The van der Waals surface area contributed by atoms with E-state index >= 15 is 0 Å². The third-order valence-electron chi connectivity index (χ3n) is 2.89. The van der Waals surface area contributed by atoms with E-state index in [1.165, 1.54) is 18.2 Å². The molecule has 2 rings (SSSR count). The summed E-state index contributed by atoms with van der Waals surface area (Å²) in [6.07, 6.45) is 0.